The molecule has 0 aliphatic heterocycles. The Bertz CT molecular complexity index is 1240. The number of carboxylic acid groups (broad SMARTS) is 1. The normalized spacial score (nSPS) is 12.0. The summed E-state index contributed by atoms with van der Waals surface area (Å²) in [6, 6.07) is 27.0. The Morgan fingerprint density at radius 1 is 0.906 bits per heavy atom. The number of hydrogen-bond acceptors (Lipinski definition) is 3. The van der Waals surface area contributed by atoms with Gasteiger partial charge in [0.15, 0.2) is 0 Å². The zero-order valence-corrected chi connectivity index (χ0v) is 18.5. The molecule has 1 heterocycles. The molecular weight excluding hydrogens is 414 g/mol. The van der Waals surface area contributed by atoms with Gasteiger partial charge in [-0.05, 0) is 45.9 Å². The Hall–Kier alpha value is -3.76. The molecule has 0 fully saturated rings. The number of allylic oxidation sites excluding steroid dienone is 1. The minimum absolute atomic E-state index is 0.854. The van der Waals surface area contributed by atoms with E-state index in [1.807, 2.05) is 23.7 Å². The topological polar surface area (TPSA) is 50.2 Å². The molecule has 4 rings (SSSR count). The first-order valence-corrected chi connectivity index (χ1v) is 11.4. The number of benzene rings is 3. The van der Waals surface area contributed by atoms with Crippen LogP contribution < -0.4 is 0 Å². The second-order valence-electron chi connectivity index (χ2n) is 7.32. The van der Waals surface area contributed by atoms with Crippen molar-refractivity contribution >= 4 is 34.5 Å². The molecule has 0 bridgehead atoms. The number of carbonyl (C=O) groups is 1. The van der Waals surface area contributed by atoms with Gasteiger partial charge in [-0.15, -0.1) is 11.3 Å². The zero-order chi connectivity index (χ0) is 22.3. The van der Waals surface area contributed by atoms with Gasteiger partial charge in [0.25, 0.3) is 0 Å². The molecule has 3 nitrogen and oxygen atoms in total. The number of carboxylic acids is 1. The molecule has 0 unspecified atom stereocenters. The number of nitrogens with zero attached hydrogens (tertiary/aromatic N) is 1. The number of aliphatic carboxylic acids is 1. The van der Waals surface area contributed by atoms with E-state index in [1.54, 1.807) is 17.4 Å². The molecule has 4 heteroatoms. The predicted octanol–water partition coefficient (Wildman–Crippen LogP) is 7.28. The van der Waals surface area contributed by atoms with E-state index in [4.69, 9.17) is 5.11 Å². The highest BCUT2D eigenvalue weighted by molar-refractivity contribution is 7.07. The van der Waals surface area contributed by atoms with Crippen molar-refractivity contribution in [3.8, 4) is 11.3 Å². The Morgan fingerprint density at radius 2 is 1.56 bits per heavy atom. The van der Waals surface area contributed by atoms with Crippen molar-refractivity contribution < 1.29 is 9.90 Å². The molecule has 0 saturated carbocycles. The van der Waals surface area contributed by atoms with E-state index < -0.39 is 5.97 Å². The Balaban J connectivity index is 1.82. The predicted molar refractivity (Wildman–Crippen MR) is 133 cm³/mol. The van der Waals surface area contributed by atoms with E-state index in [9.17, 15) is 4.79 Å². The molecule has 0 aliphatic carbocycles. The van der Waals surface area contributed by atoms with Crippen molar-refractivity contribution in [2.45, 2.75) is 13.3 Å². The summed E-state index contributed by atoms with van der Waals surface area (Å²) < 4.78 is 0. The minimum Gasteiger partial charge on any atom is -0.478 e. The number of thiazole rings is 1. The van der Waals surface area contributed by atoms with Gasteiger partial charge >= 0.3 is 5.97 Å². The first kappa shape index (κ1) is 21.5. The van der Waals surface area contributed by atoms with E-state index in [2.05, 4.69) is 78.0 Å². The summed E-state index contributed by atoms with van der Waals surface area (Å²) in [6.07, 6.45) is 3.65. The van der Waals surface area contributed by atoms with Gasteiger partial charge in [-0.25, -0.2) is 9.78 Å². The van der Waals surface area contributed by atoms with Crippen LogP contribution in [-0.2, 0) is 4.79 Å². The van der Waals surface area contributed by atoms with Crippen molar-refractivity contribution in [3.63, 3.8) is 0 Å². The SMILES string of the molecule is CCC(=C(c1ccc(C=CC(=O)O)cc1)c1ccc(-c2cscn2)cc1)c1ccccc1. The van der Waals surface area contributed by atoms with E-state index in [-0.39, 0.29) is 0 Å². The standard InChI is InChI=1S/C28H23NO2S/c1-2-25(21-6-4-3-5-7-21)28(23-11-8-20(9-12-23)10-17-27(30)31)24-15-13-22(14-16-24)26-18-32-19-29-26/h3-19H,2H2,1H3,(H,30,31). The fourth-order valence-corrected chi connectivity index (χ4v) is 4.33. The van der Waals surface area contributed by atoms with Gasteiger partial charge < -0.3 is 5.11 Å². The first-order chi connectivity index (χ1) is 15.7. The lowest BCUT2D eigenvalue weighted by Crippen LogP contribution is -1.95. The van der Waals surface area contributed by atoms with Crippen LogP contribution in [0.2, 0.25) is 0 Å². The van der Waals surface area contributed by atoms with Gasteiger partial charge in [0, 0.05) is 17.0 Å². The highest BCUT2D eigenvalue weighted by Gasteiger charge is 2.13. The first-order valence-electron chi connectivity index (χ1n) is 10.4. The van der Waals surface area contributed by atoms with Gasteiger partial charge in [0.1, 0.15) is 0 Å². The van der Waals surface area contributed by atoms with Crippen LogP contribution in [0.25, 0.3) is 28.5 Å². The average molecular weight is 438 g/mol. The van der Waals surface area contributed by atoms with Gasteiger partial charge in [0.2, 0.25) is 0 Å². The maximum absolute atomic E-state index is 10.8. The molecule has 4 aromatic rings. The molecule has 1 aromatic heterocycles. The van der Waals surface area contributed by atoms with Crippen LogP contribution in [0.15, 0.2) is 95.8 Å². The molecule has 0 spiro atoms. The highest BCUT2D eigenvalue weighted by Crippen LogP contribution is 2.35. The molecule has 0 atom stereocenters. The molecule has 0 amide bonds. The van der Waals surface area contributed by atoms with Crippen LogP contribution in [-0.4, -0.2) is 16.1 Å². The quantitative estimate of drug-likeness (QED) is 0.244. The second kappa shape index (κ2) is 10.0. The molecule has 32 heavy (non-hydrogen) atoms. The summed E-state index contributed by atoms with van der Waals surface area (Å²) in [4.78, 5) is 15.2. The van der Waals surface area contributed by atoms with Crippen molar-refractivity contribution in [1.29, 1.82) is 0 Å². The smallest absolute Gasteiger partial charge is 0.328 e. The van der Waals surface area contributed by atoms with Gasteiger partial charge in [-0.3, -0.25) is 0 Å². The van der Waals surface area contributed by atoms with E-state index in [0.717, 1.165) is 40.4 Å². The number of aromatic nitrogens is 1. The van der Waals surface area contributed by atoms with Gasteiger partial charge in [-0.1, -0.05) is 85.8 Å². The fraction of sp³-hybridized carbons (Fsp3) is 0.0714. The Morgan fingerprint density at radius 3 is 2.12 bits per heavy atom. The third kappa shape index (κ3) is 4.93. The summed E-state index contributed by atoms with van der Waals surface area (Å²) >= 11 is 1.59. The number of hydrogen-bond donors (Lipinski definition) is 1. The lowest BCUT2D eigenvalue weighted by Gasteiger charge is -2.17. The van der Waals surface area contributed by atoms with Crippen LogP contribution in [0, 0.1) is 0 Å². The Kier molecular flexibility index (Phi) is 6.73. The second-order valence-corrected chi connectivity index (χ2v) is 8.04. The monoisotopic (exact) mass is 437 g/mol. The lowest BCUT2D eigenvalue weighted by molar-refractivity contribution is -0.131. The summed E-state index contributed by atoms with van der Waals surface area (Å²) in [6.45, 7) is 2.18. The highest BCUT2D eigenvalue weighted by atomic mass is 32.1. The third-order valence-electron chi connectivity index (χ3n) is 5.30. The lowest BCUT2D eigenvalue weighted by atomic mass is 9.87. The maximum atomic E-state index is 10.8. The van der Waals surface area contributed by atoms with Crippen LogP contribution in [0.1, 0.15) is 35.6 Å². The van der Waals surface area contributed by atoms with E-state index in [1.165, 1.54) is 16.7 Å². The molecular formula is C28H23NO2S. The van der Waals surface area contributed by atoms with Crippen LogP contribution in [0.3, 0.4) is 0 Å². The van der Waals surface area contributed by atoms with Crippen LogP contribution in [0.4, 0.5) is 0 Å². The van der Waals surface area contributed by atoms with Crippen LogP contribution >= 0.6 is 11.3 Å². The molecule has 0 saturated heterocycles. The molecule has 158 valence electrons. The molecule has 0 radical (unpaired) electrons. The van der Waals surface area contributed by atoms with Crippen LogP contribution in [0.5, 0.6) is 0 Å². The van der Waals surface area contributed by atoms with Crippen molar-refractivity contribution in [2.75, 3.05) is 0 Å². The summed E-state index contributed by atoms with van der Waals surface area (Å²) in [5.41, 5.74) is 10.7. The summed E-state index contributed by atoms with van der Waals surface area (Å²) in [5, 5.41) is 10.9. The van der Waals surface area contributed by atoms with Crippen molar-refractivity contribution in [3.05, 3.63) is 118 Å². The van der Waals surface area contributed by atoms with Crippen molar-refractivity contribution in [2.24, 2.45) is 0 Å². The maximum Gasteiger partial charge on any atom is 0.328 e. The average Bonchev–Trinajstić information content (AvgIpc) is 3.37. The third-order valence-corrected chi connectivity index (χ3v) is 5.88. The minimum atomic E-state index is -0.952. The molecule has 1 N–H and O–H groups in total. The largest absolute Gasteiger partial charge is 0.478 e. The summed E-state index contributed by atoms with van der Waals surface area (Å²) in [7, 11) is 0. The number of rotatable bonds is 7. The van der Waals surface area contributed by atoms with Gasteiger partial charge in [0.05, 0.1) is 11.2 Å². The fourth-order valence-electron chi connectivity index (χ4n) is 3.77. The van der Waals surface area contributed by atoms with Gasteiger partial charge in [-0.2, -0.15) is 0 Å². The van der Waals surface area contributed by atoms with E-state index in [0.29, 0.717) is 0 Å². The Labute approximate surface area is 192 Å². The van der Waals surface area contributed by atoms with Crippen molar-refractivity contribution in [1.82, 2.24) is 4.98 Å². The zero-order valence-electron chi connectivity index (χ0n) is 17.7. The van der Waals surface area contributed by atoms with E-state index >= 15 is 0 Å². The molecule has 0 aliphatic rings. The summed E-state index contributed by atoms with van der Waals surface area (Å²) in [5.74, 6) is -0.952. The molecule has 3 aromatic carbocycles.